The number of benzene rings is 2. The number of hydrogen-bond acceptors (Lipinski definition) is 1. The summed E-state index contributed by atoms with van der Waals surface area (Å²) < 4.78 is 0. The van der Waals surface area contributed by atoms with Crippen molar-refractivity contribution in [3.63, 3.8) is 0 Å². The third-order valence-corrected chi connectivity index (χ3v) is 5.26. The predicted molar refractivity (Wildman–Crippen MR) is 105 cm³/mol. The fourth-order valence-electron chi connectivity index (χ4n) is 3.71. The first kappa shape index (κ1) is 17.1. The van der Waals surface area contributed by atoms with E-state index in [0.717, 1.165) is 18.0 Å². The lowest BCUT2D eigenvalue weighted by atomic mass is 9.77. The van der Waals surface area contributed by atoms with E-state index in [1.54, 1.807) is 5.56 Å². The highest BCUT2D eigenvalue weighted by atomic mass is 14.5. The van der Waals surface area contributed by atoms with E-state index >= 15 is 0 Å². The van der Waals surface area contributed by atoms with E-state index in [0.29, 0.717) is 0 Å². The topological polar surface area (TPSA) is 26.0 Å². The first-order valence-corrected chi connectivity index (χ1v) is 9.16. The smallest absolute Gasteiger partial charge is 0.0316 e. The van der Waals surface area contributed by atoms with Crippen LogP contribution in [0.5, 0.6) is 0 Å². The normalized spacial score (nSPS) is 15.5. The molecule has 1 saturated carbocycles. The fourth-order valence-corrected chi connectivity index (χ4v) is 3.71. The molecule has 0 radical (unpaired) electrons. The second-order valence-corrected chi connectivity index (χ2v) is 9.13. The van der Waals surface area contributed by atoms with Crippen molar-refractivity contribution in [3.05, 3.63) is 64.7 Å². The fraction of sp³-hybridized carbons (Fsp3) is 0.478. The lowest BCUT2D eigenvalue weighted by molar-refractivity contribution is 0.521. The van der Waals surface area contributed by atoms with Gasteiger partial charge in [0.2, 0.25) is 0 Å². The Morgan fingerprint density at radius 1 is 0.958 bits per heavy atom. The summed E-state index contributed by atoms with van der Waals surface area (Å²) in [5.74, 6) is 0.787. The minimum absolute atomic E-state index is 0.0828. The molecule has 1 heteroatoms. The number of hydrogen-bond donors (Lipinski definition) is 1. The average molecular weight is 322 g/mol. The quantitative estimate of drug-likeness (QED) is 0.690. The lowest BCUT2D eigenvalue weighted by Gasteiger charge is -2.28. The minimum Gasteiger partial charge on any atom is -0.399 e. The van der Waals surface area contributed by atoms with Crippen molar-refractivity contribution in [2.24, 2.45) is 0 Å². The summed E-state index contributed by atoms with van der Waals surface area (Å²) in [5, 5.41) is 0. The maximum absolute atomic E-state index is 5.99. The monoisotopic (exact) mass is 321 g/mol. The Labute approximate surface area is 147 Å². The molecule has 0 unspecified atom stereocenters. The van der Waals surface area contributed by atoms with Crippen molar-refractivity contribution in [3.8, 4) is 0 Å². The van der Waals surface area contributed by atoms with Gasteiger partial charge in [0.1, 0.15) is 0 Å². The minimum atomic E-state index is 0.0828. The van der Waals surface area contributed by atoms with Gasteiger partial charge in [0.05, 0.1) is 0 Å². The zero-order chi connectivity index (χ0) is 17.5. The molecule has 1 fully saturated rings. The molecule has 1 aliphatic rings. The Hall–Kier alpha value is -1.76. The zero-order valence-corrected chi connectivity index (χ0v) is 15.8. The van der Waals surface area contributed by atoms with Crippen molar-refractivity contribution in [1.29, 1.82) is 0 Å². The van der Waals surface area contributed by atoms with Gasteiger partial charge in [-0.2, -0.15) is 0 Å². The number of nitrogens with two attached hydrogens (primary N) is 1. The standard InChI is InChI=1S/C23H31N/c1-22(2,3)21-12-9-16(13-20(21)17-10-11-17)15-23(4,5)18-7-6-8-19(24)14-18/h6-9,12-14,17H,10-11,15,24H2,1-5H3. The van der Waals surface area contributed by atoms with E-state index in [2.05, 4.69) is 71.0 Å². The van der Waals surface area contributed by atoms with Crippen LogP contribution in [0.4, 0.5) is 5.69 Å². The molecule has 2 aromatic carbocycles. The highest BCUT2D eigenvalue weighted by Gasteiger charge is 2.30. The molecule has 0 aromatic heterocycles. The van der Waals surface area contributed by atoms with E-state index in [1.165, 1.54) is 29.5 Å². The molecular formula is C23H31N. The van der Waals surface area contributed by atoms with Crippen LogP contribution in [0, 0.1) is 0 Å². The van der Waals surface area contributed by atoms with Gasteiger partial charge in [-0.25, -0.2) is 0 Å². The Morgan fingerprint density at radius 2 is 1.67 bits per heavy atom. The van der Waals surface area contributed by atoms with Crippen molar-refractivity contribution in [1.82, 2.24) is 0 Å². The molecule has 24 heavy (non-hydrogen) atoms. The van der Waals surface area contributed by atoms with Crippen LogP contribution in [-0.2, 0) is 17.3 Å². The summed E-state index contributed by atoms with van der Waals surface area (Å²) in [7, 11) is 0. The van der Waals surface area contributed by atoms with Gasteiger partial charge in [0.25, 0.3) is 0 Å². The summed E-state index contributed by atoms with van der Waals surface area (Å²) in [6.07, 6.45) is 3.75. The summed E-state index contributed by atoms with van der Waals surface area (Å²) in [6.45, 7) is 11.6. The van der Waals surface area contributed by atoms with Gasteiger partial charge in [0, 0.05) is 5.69 Å². The van der Waals surface area contributed by atoms with Gasteiger partial charge in [-0.3, -0.25) is 0 Å². The Kier molecular flexibility index (Phi) is 4.23. The maximum Gasteiger partial charge on any atom is 0.0316 e. The molecule has 0 spiro atoms. The molecule has 0 bridgehead atoms. The third kappa shape index (κ3) is 3.66. The van der Waals surface area contributed by atoms with Gasteiger partial charge in [0.15, 0.2) is 0 Å². The average Bonchev–Trinajstić information content (AvgIpc) is 3.30. The van der Waals surface area contributed by atoms with Gasteiger partial charge in [-0.1, -0.05) is 65.0 Å². The van der Waals surface area contributed by atoms with Gasteiger partial charge < -0.3 is 5.73 Å². The van der Waals surface area contributed by atoms with Gasteiger partial charge >= 0.3 is 0 Å². The van der Waals surface area contributed by atoms with Crippen LogP contribution in [0.2, 0.25) is 0 Å². The van der Waals surface area contributed by atoms with Crippen LogP contribution < -0.4 is 5.73 Å². The SMILES string of the molecule is CC(C)(C)c1ccc(CC(C)(C)c2cccc(N)c2)cc1C1CC1. The number of anilines is 1. The van der Waals surface area contributed by atoms with Crippen molar-refractivity contribution in [2.75, 3.05) is 5.73 Å². The second-order valence-electron chi connectivity index (χ2n) is 9.13. The van der Waals surface area contributed by atoms with Crippen LogP contribution in [-0.4, -0.2) is 0 Å². The molecule has 2 aromatic rings. The van der Waals surface area contributed by atoms with Crippen LogP contribution in [0.3, 0.4) is 0 Å². The van der Waals surface area contributed by atoms with Gasteiger partial charge in [-0.15, -0.1) is 0 Å². The summed E-state index contributed by atoms with van der Waals surface area (Å²) >= 11 is 0. The van der Waals surface area contributed by atoms with E-state index < -0.39 is 0 Å². The second kappa shape index (κ2) is 5.95. The highest BCUT2D eigenvalue weighted by Crippen LogP contribution is 2.45. The van der Waals surface area contributed by atoms with Crippen molar-refractivity contribution in [2.45, 2.75) is 70.6 Å². The molecule has 0 aliphatic heterocycles. The van der Waals surface area contributed by atoms with E-state index in [-0.39, 0.29) is 10.8 Å². The van der Waals surface area contributed by atoms with Crippen LogP contribution >= 0.6 is 0 Å². The molecule has 0 atom stereocenters. The lowest BCUT2D eigenvalue weighted by Crippen LogP contribution is -2.21. The molecule has 0 heterocycles. The molecule has 0 saturated heterocycles. The molecule has 128 valence electrons. The molecule has 3 rings (SSSR count). The summed E-state index contributed by atoms with van der Waals surface area (Å²) in [5.41, 5.74) is 13.0. The molecule has 2 N–H and O–H groups in total. The van der Waals surface area contributed by atoms with E-state index in [4.69, 9.17) is 5.73 Å². The molecular weight excluding hydrogens is 290 g/mol. The van der Waals surface area contributed by atoms with Gasteiger partial charge in [-0.05, 0) is 70.4 Å². The summed E-state index contributed by atoms with van der Waals surface area (Å²) in [6, 6.07) is 15.5. The van der Waals surface area contributed by atoms with Crippen LogP contribution in [0.25, 0.3) is 0 Å². The Bertz CT molecular complexity index is 730. The maximum atomic E-state index is 5.99. The first-order chi connectivity index (χ1) is 11.2. The summed E-state index contributed by atoms with van der Waals surface area (Å²) in [4.78, 5) is 0. The number of rotatable bonds is 4. The molecule has 1 aliphatic carbocycles. The van der Waals surface area contributed by atoms with E-state index in [9.17, 15) is 0 Å². The van der Waals surface area contributed by atoms with E-state index in [1.807, 2.05) is 6.07 Å². The Morgan fingerprint density at radius 3 is 2.25 bits per heavy atom. The van der Waals surface area contributed by atoms with Crippen molar-refractivity contribution < 1.29 is 0 Å². The zero-order valence-electron chi connectivity index (χ0n) is 15.8. The van der Waals surface area contributed by atoms with Crippen molar-refractivity contribution >= 4 is 5.69 Å². The largest absolute Gasteiger partial charge is 0.399 e. The number of nitrogen functional groups attached to an aromatic ring is 1. The Balaban J connectivity index is 1.91. The van der Waals surface area contributed by atoms with Crippen LogP contribution in [0.15, 0.2) is 42.5 Å². The highest BCUT2D eigenvalue weighted by molar-refractivity contribution is 5.45. The molecule has 0 amide bonds. The molecule has 1 nitrogen and oxygen atoms in total. The van der Waals surface area contributed by atoms with Crippen LogP contribution in [0.1, 0.15) is 75.6 Å². The third-order valence-electron chi connectivity index (χ3n) is 5.26. The predicted octanol–water partition coefficient (Wildman–Crippen LogP) is 5.96. The first-order valence-electron chi connectivity index (χ1n) is 9.16.